The second kappa shape index (κ2) is 3.74. The summed E-state index contributed by atoms with van der Waals surface area (Å²) >= 11 is 4.28. The van der Waals surface area contributed by atoms with Gasteiger partial charge in [0.05, 0.1) is 5.49 Å². The van der Waals surface area contributed by atoms with E-state index in [0.29, 0.717) is 5.49 Å². The average Bonchev–Trinajstić information content (AvgIpc) is 2.05. The van der Waals surface area contributed by atoms with Crippen LogP contribution in [0.3, 0.4) is 0 Å². The third-order valence-corrected chi connectivity index (χ3v) is 1.62. The maximum Gasteiger partial charge on any atom is 0.489 e. The standard InChI is InChI=1S/C8H6F3NS/c9-8(10,11)12(6-13)7-4-2-1-3-5-7/h1-6H. The van der Waals surface area contributed by atoms with Gasteiger partial charge in [0.15, 0.2) is 0 Å². The lowest BCUT2D eigenvalue weighted by atomic mass is 10.3. The number of halogens is 3. The van der Waals surface area contributed by atoms with Crippen LogP contribution < -0.4 is 4.90 Å². The smallest absolute Gasteiger partial charge is 0.250 e. The van der Waals surface area contributed by atoms with Crippen LogP contribution in [0.4, 0.5) is 18.9 Å². The molecule has 5 heteroatoms. The van der Waals surface area contributed by atoms with Gasteiger partial charge in [0.1, 0.15) is 0 Å². The summed E-state index contributed by atoms with van der Waals surface area (Å²) in [6.07, 6.45) is -4.46. The zero-order chi connectivity index (χ0) is 9.90. The molecule has 0 aliphatic heterocycles. The van der Waals surface area contributed by atoms with Gasteiger partial charge < -0.3 is 0 Å². The van der Waals surface area contributed by atoms with E-state index in [1.807, 2.05) is 0 Å². The Bertz CT molecular complexity index is 283. The minimum atomic E-state index is -4.46. The first-order valence-corrected chi connectivity index (χ1v) is 3.89. The van der Waals surface area contributed by atoms with Crippen molar-refractivity contribution in [2.24, 2.45) is 0 Å². The molecule has 0 fully saturated rings. The summed E-state index contributed by atoms with van der Waals surface area (Å²) in [5.41, 5.74) is 0.597. The van der Waals surface area contributed by atoms with Crippen LogP contribution in [0.15, 0.2) is 30.3 Å². The first-order chi connectivity index (χ1) is 6.05. The Morgan fingerprint density at radius 3 is 2.08 bits per heavy atom. The van der Waals surface area contributed by atoms with E-state index in [9.17, 15) is 13.2 Å². The van der Waals surface area contributed by atoms with Gasteiger partial charge >= 0.3 is 6.30 Å². The first kappa shape index (κ1) is 9.98. The van der Waals surface area contributed by atoms with Gasteiger partial charge in [-0.15, -0.1) is 13.2 Å². The minimum Gasteiger partial charge on any atom is -0.250 e. The summed E-state index contributed by atoms with van der Waals surface area (Å²) in [5, 5.41) is 0. The summed E-state index contributed by atoms with van der Waals surface area (Å²) in [5.74, 6) is 0. The van der Waals surface area contributed by atoms with Gasteiger partial charge in [-0.3, -0.25) is 0 Å². The van der Waals surface area contributed by atoms with E-state index in [-0.39, 0.29) is 10.6 Å². The van der Waals surface area contributed by atoms with E-state index >= 15 is 0 Å². The fourth-order valence-corrected chi connectivity index (χ4v) is 1.10. The van der Waals surface area contributed by atoms with Gasteiger partial charge in [-0.1, -0.05) is 30.4 Å². The Morgan fingerprint density at radius 2 is 1.69 bits per heavy atom. The van der Waals surface area contributed by atoms with Crippen molar-refractivity contribution in [1.82, 2.24) is 0 Å². The molecule has 0 aliphatic rings. The van der Waals surface area contributed by atoms with E-state index in [0.717, 1.165) is 0 Å². The van der Waals surface area contributed by atoms with Crippen molar-refractivity contribution in [3.8, 4) is 0 Å². The van der Waals surface area contributed by atoms with E-state index < -0.39 is 6.30 Å². The lowest BCUT2D eigenvalue weighted by Gasteiger charge is -2.21. The van der Waals surface area contributed by atoms with Crippen LogP contribution in [0.2, 0.25) is 0 Å². The van der Waals surface area contributed by atoms with Crippen LogP contribution in [-0.2, 0) is 0 Å². The Balaban J connectivity index is 2.99. The normalized spacial score (nSPS) is 11.0. The molecule has 1 nitrogen and oxygen atoms in total. The zero-order valence-corrected chi connectivity index (χ0v) is 7.27. The van der Waals surface area contributed by atoms with Gasteiger partial charge in [0.2, 0.25) is 0 Å². The Morgan fingerprint density at radius 1 is 1.15 bits per heavy atom. The van der Waals surface area contributed by atoms with Gasteiger partial charge in [-0.2, -0.15) is 0 Å². The molecule has 0 unspecified atom stereocenters. The van der Waals surface area contributed by atoms with Crippen molar-refractivity contribution < 1.29 is 13.2 Å². The monoisotopic (exact) mass is 205 g/mol. The highest BCUT2D eigenvalue weighted by atomic mass is 32.1. The number of nitrogens with zero attached hydrogens (tertiary/aromatic N) is 1. The van der Waals surface area contributed by atoms with Gasteiger partial charge in [0, 0.05) is 5.69 Å². The van der Waals surface area contributed by atoms with Crippen LogP contribution in [0.25, 0.3) is 0 Å². The van der Waals surface area contributed by atoms with Crippen LogP contribution in [0, 0.1) is 0 Å². The van der Waals surface area contributed by atoms with Crippen molar-refractivity contribution in [1.29, 1.82) is 0 Å². The Kier molecular flexibility index (Phi) is 2.87. The number of hydrogen-bond acceptors (Lipinski definition) is 1. The third kappa shape index (κ3) is 2.42. The van der Waals surface area contributed by atoms with Crippen molar-refractivity contribution in [3.63, 3.8) is 0 Å². The van der Waals surface area contributed by atoms with Gasteiger partial charge in [-0.05, 0) is 12.1 Å². The summed E-state index contributed by atoms with van der Waals surface area (Å²) in [6, 6.07) is 7.37. The number of anilines is 1. The molecule has 0 heterocycles. The number of para-hydroxylation sites is 1. The molecule has 0 aliphatic carbocycles. The number of thiocarbonyl (C=S) groups is 1. The number of rotatable bonds is 2. The van der Waals surface area contributed by atoms with Crippen molar-refractivity contribution in [2.45, 2.75) is 6.30 Å². The summed E-state index contributed by atoms with van der Waals surface area (Å²) in [4.78, 5) is 0.0856. The molecular formula is C8H6F3NS. The topological polar surface area (TPSA) is 3.24 Å². The van der Waals surface area contributed by atoms with Crippen LogP contribution in [0.1, 0.15) is 0 Å². The molecule has 0 bridgehead atoms. The molecule has 1 aromatic carbocycles. The fraction of sp³-hybridized carbons (Fsp3) is 0.125. The van der Waals surface area contributed by atoms with E-state index in [1.54, 1.807) is 6.07 Å². The predicted octanol–water partition coefficient (Wildman–Crippen LogP) is 2.97. The summed E-state index contributed by atoms with van der Waals surface area (Å²) in [7, 11) is 0. The van der Waals surface area contributed by atoms with E-state index in [4.69, 9.17) is 0 Å². The molecule has 0 amide bonds. The first-order valence-electron chi connectivity index (χ1n) is 3.42. The van der Waals surface area contributed by atoms with Crippen molar-refractivity contribution in [2.75, 3.05) is 4.90 Å². The zero-order valence-electron chi connectivity index (χ0n) is 6.45. The molecule has 1 aromatic rings. The molecule has 0 saturated carbocycles. The van der Waals surface area contributed by atoms with Gasteiger partial charge in [0.25, 0.3) is 0 Å². The predicted molar refractivity (Wildman–Crippen MR) is 48.6 cm³/mol. The maximum atomic E-state index is 12.2. The van der Waals surface area contributed by atoms with Crippen LogP contribution in [0.5, 0.6) is 0 Å². The SMILES string of the molecule is FC(F)(F)N(C=S)c1ccccc1. The molecule has 0 saturated heterocycles. The lowest BCUT2D eigenvalue weighted by Crippen LogP contribution is -2.35. The fourth-order valence-electron chi connectivity index (χ4n) is 0.856. The second-order valence-electron chi connectivity index (χ2n) is 2.28. The molecule has 0 N–H and O–H groups in total. The van der Waals surface area contributed by atoms with Crippen molar-refractivity contribution in [3.05, 3.63) is 30.3 Å². The Labute approximate surface area is 78.8 Å². The highest BCUT2D eigenvalue weighted by Crippen LogP contribution is 2.26. The molecule has 0 radical (unpaired) electrons. The number of alkyl halides is 3. The number of hydrogen-bond donors (Lipinski definition) is 0. The molecular weight excluding hydrogens is 199 g/mol. The molecule has 0 atom stereocenters. The maximum absolute atomic E-state index is 12.2. The molecule has 1 rings (SSSR count). The molecule has 0 spiro atoms. The van der Waals surface area contributed by atoms with E-state index in [1.165, 1.54) is 24.3 Å². The third-order valence-electron chi connectivity index (χ3n) is 1.41. The minimum absolute atomic E-state index is 0.0185. The van der Waals surface area contributed by atoms with Crippen LogP contribution in [-0.4, -0.2) is 11.8 Å². The second-order valence-corrected chi connectivity index (χ2v) is 2.49. The van der Waals surface area contributed by atoms with Crippen molar-refractivity contribution >= 4 is 23.4 Å². The molecule has 13 heavy (non-hydrogen) atoms. The average molecular weight is 205 g/mol. The Hall–Kier alpha value is -1.10. The quantitative estimate of drug-likeness (QED) is 0.539. The number of benzene rings is 1. The largest absolute Gasteiger partial charge is 0.489 e. The lowest BCUT2D eigenvalue weighted by molar-refractivity contribution is -0.117. The highest BCUT2D eigenvalue weighted by molar-refractivity contribution is 7.79. The summed E-state index contributed by atoms with van der Waals surface area (Å²) in [6.45, 7) is 0. The molecule has 70 valence electrons. The van der Waals surface area contributed by atoms with E-state index in [2.05, 4.69) is 12.2 Å². The van der Waals surface area contributed by atoms with Gasteiger partial charge in [-0.25, -0.2) is 4.90 Å². The highest BCUT2D eigenvalue weighted by Gasteiger charge is 2.36. The molecule has 0 aromatic heterocycles. The summed E-state index contributed by atoms with van der Waals surface area (Å²) < 4.78 is 36.7. The van der Waals surface area contributed by atoms with Crippen LogP contribution >= 0.6 is 12.2 Å².